The van der Waals surface area contributed by atoms with Gasteiger partial charge in [-0.05, 0) is 11.4 Å². The molecular formula is C11H9N5O3S. The first-order chi connectivity index (χ1) is 9.81. The highest BCUT2D eigenvalue weighted by Crippen LogP contribution is 2.22. The summed E-state index contributed by atoms with van der Waals surface area (Å²) in [6, 6.07) is 3.76. The van der Waals surface area contributed by atoms with Crippen LogP contribution in [0.4, 0.5) is 0 Å². The van der Waals surface area contributed by atoms with Gasteiger partial charge in [-0.15, -0.1) is 21.5 Å². The largest absolute Gasteiger partial charge is 0.454 e. The monoisotopic (exact) mass is 291 g/mol. The van der Waals surface area contributed by atoms with Gasteiger partial charge in [0.2, 0.25) is 0 Å². The fourth-order valence-electron chi connectivity index (χ4n) is 1.45. The molecule has 0 bridgehead atoms. The number of carbonyl (C=O) groups is 1. The first-order valence-electron chi connectivity index (χ1n) is 5.65. The van der Waals surface area contributed by atoms with Crippen LogP contribution in [0.5, 0.6) is 0 Å². The quantitative estimate of drug-likeness (QED) is 0.650. The summed E-state index contributed by atoms with van der Waals surface area (Å²) in [5.41, 5.74) is 0. The Bertz CT molecular complexity index is 677. The van der Waals surface area contributed by atoms with Crippen LogP contribution >= 0.6 is 11.3 Å². The van der Waals surface area contributed by atoms with E-state index in [4.69, 9.17) is 9.15 Å². The Labute approximate surface area is 117 Å². The lowest BCUT2D eigenvalue weighted by atomic mass is 10.5. The Balaban J connectivity index is 1.55. The molecule has 0 aliphatic rings. The molecule has 0 saturated heterocycles. The molecule has 0 aromatic carbocycles. The zero-order valence-corrected chi connectivity index (χ0v) is 11.0. The number of ether oxygens (including phenoxy) is 1. The van der Waals surface area contributed by atoms with E-state index in [1.165, 1.54) is 28.7 Å². The van der Waals surface area contributed by atoms with E-state index >= 15 is 0 Å². The lowest BCUT2D eigenvalue weighted by molar-refractivity contribution is -0.146. The van der Waals surface area contributed by atoms with Crippen LogP contribution in [-0.4, -0.2) is 30.9 Å². The second-order valence-electron chi connectivity index (χ2n) is 3.73. The number of hydrogen-bond donors (Lipinski definition) is 0. The van der Waals surface area contributed by atoms with Crippen molar-refractivity contribution in [1.82, 2.24) is 25.0 Å². The zero-order valence-electron chi connectivity index (χ0n) is 10.2. The van der Waals surface area contributed by atoms with Gasteiger partial charge < -0.3 is 9.15 Å². The highest BCUT2D eigenvalue weighted by Gasteiger charge is 2.12. The molecule has 3 aromatic rings. The summed E-state index contributed by atoms with van der Waals surface area (Å²) in [7, 11) is 0. The topological polar surface area (TPSA) is 95.9 Å². The predicted molar refractivity (Wildman–Crippen MR) is 67.4 cm³/mol. The molecule has 3 rings (SSSR count). The minimum absolute atomic E-state index is 0.00802. The molecule has 0 aliphatic heterocycles. The molecular weight excluding hydrogens is 282 g/mol. The normalized spacial score (nSPS) is 10.6. The third-order valence-corrected chi connectivity index (χ3v) is 3.17. The van der Waals surface area contributed by atoms with Gasteiger partial charge in [-0.3, -0.25) is 4.79 Å². The van der Waals surface area contributed by atoms with Gasteiger partial charge in [-0.25, -0.2) is 9.67 Å². The number of esters is 1. The first-order valence-corrected chi connectivity index (χ1v) is 6.53. The summed E-state index contributed by atoms with van der Waals surface area (Å²) in [5.74, 6) is 0.217. The van der Waals surface area contributed by atoms with Crippen molar-refractivity contribution in [1.29, 1.82) is 0 Å². The Kier molecular flexibility index (Phi) is 3.50. The maximum atomic E-state index is 11.5. The summed E-state index contributed by atoms with van der Waals surface area (Å²) in [6.45, 7) is -0.0716. The van der Waals surface area contributed by atoms with Gasteiger partial charge in [0.15, 0.2) is 6.61 Å². The molecule has 0 saturated carbocycles. The van der Waals surface area contributed by atoms with Crippen LogP contribution in [-0.2, 0) is 22.7 Å². The highest BCUT2D eigenvalue weighted by molar-refractivity contribution is 7.13. The molecule has 0 amide bonds. The van der Waals surface area contributed by atoms with Crippen LogP contribution in [0, 0.1) is 0 Å². The van der Waals surface area contributed by atoms with Crippen molar-refractivity contribution >= 4 is 17.3 Å². The first kappa shape index (κ1) is 12.5. The van der Waals surface area contributed by atoms with Crippen molar-refractivity contribution in [2.75, 3.05) is 0 Å². The van der Waals surface area contributed by atoms with Gasteiger partial charge in [0.25, 0.3) is 11.8 Å². The van der Waals surface area contributed by atoms with Crippen molar-refractivity contribution in [3.05, 3.63) is 36.1 Å². The van der Waals surface area contributed by atoms with E-state index in [0.717, 1.165) is 4.88 Å². The number of nitrogens with zero attached hydrogens (tertiary/aromatic N) is 5. The molecule has 8 nitrogen and oxygen atoms in total. The van der Waals surface area contributed by atoms with Gasteiger partial charge in [0.1, 0.15) is 19.2 Å². The Morgan fingerprint density at radius 3 is 3.15 bits per heavy atom. The highest BCUT2D eigenvalue weighted by atomic mass is 32.1. The Morgan fingerprint density at radius 1 is 1.45 bits per heavy atom. The summed E-state index contributed by atoms with van der Waals surface area (Å²) in [5, 5.41) is 13.4. The van der Waals surface area contributed by atoms with Crippen LogP contribution in [0.3, 0.4) is 0 Å². The van der Waals surface area contributed by atoms with E-state index in [9.17, 15) is 4.79 Å². The van der Waals surface area contributed by atoms with Gasteiger partial charge in [-0.1, -0.05) is 6.07 Å². The fourth-order valence-corrected chi connectivity index (χ4v) is 2.09. The summed E-state index contributed by atoms with van der Waals surface area (Å²) >= 11 is 1.49. The van der Waals surface area contributed by atoms with E-state index in [0.29, 0.717) is 5.89 Å². The van der Waals surface area contributed by atoms with Crippen molar-refractivity contribution in [3.8, 4) is 10.8 Å². The molecule has 102 valence electrons. The van der Waals surface area contributed by atoms with Crippen LogP contribution in [0.1, 0.15) is 5.89 Å². The van der Waals surface area contributed by atoms with E-state index in [-0.39, 0.29) is 19.0 Å². The minimum Gasteiger partial charge on any atom is -0.454 e. The Hall–Kier alpha value is -2.55. The SMILES string of the molecule is O=C(Cn1cncn1)OCc1nnc(-c2cccs2)o1. The van der Waals surface area contributed by atoms with E-state index in [1.54, 1.807) is 0 Å². The summed E-state index contributed by atoms with van der Waals surface area (Å²) in [4.78, 5) is 16.1. The predicted octanol–water partition coefficient (Wildman–Crippen LogP) is 1.13. The number of rotatable bonds is 5. The molecule has 20 heavy (non-hydrogen) atoms. The van der Waals surface area contributed by atoms with Crippen molar-refractivity contribution in [2.45, 2.75) is 13.2 Å². The third kappa shape index (κ3) is 2.88. The zero-order chi connectivity index (χ0) is 13.8. The van der Waals surface area contributed by atoms with Crippen LogP contribution in [0.15, 0.2) is 34.6 Å². The van der Waals surface area contributed by atoms with Crippen LogP contribution < -0.4 is 0 Å². The van der Waals surface area contributed by atoms with Crippen LogP contribution in [0.2, 0.25) is 0 Å². The third-order valence-electron chi connectivity index (χ3n) is 2.31. The number of aromatic nitrogens is 5. The van der Waals surface area contributed by atoms with Crippen molar-refractivity contribution < 1.29 is 13.9 Å². The molecule has 0 fully saturated rings. The average Bonchev–Trinajstić information content (AvgIpc) is 3.18. The average molecular weight is 291 g/mol. The second-order valence-corrected chi connectivity index (χ2v) is 4.68. The number of hydrogen-bond acceptors (Lipinski definition) is 8. The molecule has 0 N–H and O–H groups in total. The maximum absolute atomic E-state index is 11.5. The molecule has 0 unspecified atom stereocenters. The lowest BCUT2D eigenvalue weighted by Crippen LogP contribution is -2.13. The molecule has 3 heterocycles. The van der Waals surface area contributed by atoms with Gasteiger partial charge >= 0.3 is 5.97 Å². The number of carbonyl (C=O) groups excluding carboxylic acids is 1. The van der Waals surface area contributed by atoms with E-state index < -0.39 is 5.97 Å². The summed E-state index contributed by atoms with van der Waals surface area (Å²) < 4.78 is 11.8. The number of thiophene rings is 1. The molecule has 0 aliphatic carbocycles. The standard InChI is InChI=1S/C11H9N5O3S/c17-10(4-16-7-12-6-13-16)18-5-9-14-15-11(19-9)8-2-1-3-20-8/h1-3,6-7H,4-5H2. The fraction of sp³-hybridized carbons (Fsp3) is 0.182. The van der Waals surface area contributed by atoms with Gasteiger partial charge in [0, 0.05) is 0 Å². The summed E-state index contributed by atoms with van der Waals surface area (Å²) in [6.07, 6.45) is 2.78. The van der Waals surface area contributed by atoms with Crippen molar-refractivity contribution in [2.24, 2.45) is 0 Å². The molecule has 9 heteroatoms. The molecule has 0 atom stereocenters. The van der Waals surface area contributed by atoms with Gasteiger partial charge in [-0.2, -0.15) is 5.10 Å². The second kappa shape index (κ2) is 5.61. The lowest BCUT2D eigenvalue weighted by Gasteiger charge is -2.01. The van der Waals surface area contributed by atoms with Crippen LogP contribution in [0.25, 0.3) is 10.8 Å². The Morgan fingerprint density at radius 2 is 2.40 bits per heavy atom. The van der Waals surface area contributed by atoms with E-state index in [2.05, 4.69) is 20.3 Å². The van der Waals surface area contributed by atoms with Crippen molar-refractivity contribution in [3.63, 3.8) is 0 Å². The molecule has 3 aromatic heterocycles. The van der Waals surface area contributed by atoms with E-state index in [1.807, 2.05) is 17.5 Å². The molecule has 0 spiro atoms. The smallest absolute Gasteiger partial charge is 0.328 e. The maximum Gasteiger partial charge on any atom is 0.328 e. The minimum atomic E-state index is -0.452. The van der Waals surface area contributed by atoms with Gasteiger partial charge in [0.05, 0.1) is 4.88 Å². The molecule has 0 radical (unpaired) electrons.